The second kappa shape index (κ2) is 5.96. The number of amides is 2. The van der Waals surface area contributed by atoms with E-state index in [-0.39, 0.29) is 17.9 Å². The summed E-state index contributed by atoms with van der Waals surface area (Å²) >= 11 is 0. The fourth-order valence-corrected chi connectivity index (χ4v) is 2.99. The number of hydrogen-bond donors (Lipinski definition) is 2. The summed E-state index contributed by atoms with van der Waals surface area (Å²) in [5, 5.41) is 2.89. The maximum absolute atomic E-state index is 12.6. The Kier molecular flexibility index (Phi) is 4.02. The van der Waals surface area contributed by atoms with Gasteiger partial charge in [-0.1, -0.05) is 0 Å². The number of nitrogens with zero attached hydrogens (tertiary/aromatic N) is 2. The minimum atomic E-state index is -0.0147. The number of carbonyl (C=O) groups excluding carboxylic acids is 2. The first-order valence-corrected chi connectivity index (χ1v) is 7.74. The Morgan fingerprint density at radius 2 is 2.00 bits per heavy atom. The van der Waals surface area contributed by atoms with Crippen molar-refractivity contribution in [3.8, 4) is 0 Å². The Bertz CT molecular complexity index is 594. The van der Waals surface area contributed by atoms with Gasteiger partial charge in [0, 0.05) is 44.7 Å². The summed E-state index contributed by atoms with van der Waals surface area (Å²) < 4.78 is 0. The van der Waals surface area contributed by atoms with E-state index in [2.05, 4.69) is 5.32 Å². The van der Waals surface area contributed by atoms with Crippen molar-refractivity contribution in [2.75, 3.05) is 36.9 Å². The smallest absolute Gasteiger partial charge is 0.253 e. The van der Waals surface area contributed by atoms with E-state index >= 15 is 0 Å². The van der Waals surface area contributed by atoms with Gasteiger partial charge in [0.1, 0.15) is 0 Å². The van der Waals surface area contributed by atoms with Crippen molar-refractivity contribution in [2.24, 2.45) is 5.73 Å². The first-order valence-electron chi connectivity index (χ1n) is 7.74. The van der Waals surface area contributed by atoms with Gasteiger partial charge in [-0.15, -0.1) is 0 Å². The molecule has 1 fully saturated rings. The molecule has 1 aromatic carbocycles. The van der Waals surface area contributed by atoms with Gasteiger partial charge in [-0.3, -0.25) is 9.59 Å². The molecule has 0 aliphatic carbocycles. The Morgan fingerprint density at radius 1 is 1.27 bits per heavy atom. The van der Waals surface area contributed by atoms with E-state index in [1.165, 1.54) is 0 Å². The zero-order valence-electron chi connectivity index (χ0n) is 12.8. The van der Waals surface area contributed by atoms with Crippen molar-refractivity contribution < 1.29 is 9.59 Å². The second-order valence-electron chi connectivity index (χ2n) is 6.08. The molecule has 2 aliphatic rings. The maximum atomic E-state index is 12.6. The number of anilines is 2. The van der Waals surface area contributed by atoms with Crippen LogP contribution in [0.4, 0.5) is 11.4 Å². The minimum Gasteiger partial charge on any atom is -0.372 e. The summed E-state index contributed by atoms with van der Waals surface area (Å²) in [6.45, 7) is 2.07. The van der Waals surface area contributed by atoms with Gasteiger partial charge in [0.05, 0.1) is 11.4 Å². The molecule has 0 spiro atoms. The molecule has 22 heavy (non-hydrogen) atoms. The van der Waals surface area contributed by atoms with Crippen LogP contribution in [0.15, 0.2) is 18.2 Å². The average Bonchev–Trinajstić information content (AvgIpc) is 2.66. The van der Waals surface area contributed by atoms with Crippen LogP contribution in [-0.2, 0) is 4.79 Å². The molecule has 3 rings (SSSR count). The molecule has 1 aromatic rings. The van der Waals surface area contributed by atoms with E-state index < -0.39 is 0 Å². The average molecular weight is 302 g/mol. The predicted molar refractivity (Wildman–Crippen MR) is 86.1 cm³/mol. The number of nitrogens with one attached hydrogen (secondary N) is 1. The first kappa shape index (κ1) is 14.8. The molecule has 0 saturated carbocycles. The van der Waals surface area contributed by atoms with Gasteiger partial charge in [-0.2, -0.15) is 0 Å². The number of piperidine rings is 1. The van der Waals surface area contributed by atoms with E-state index in [1.807, 2.05) is 29.0 Å². The molecule has 0 atom stereocenters. The fourth-order valence-electron chi connectivity index (χ4n) is 2.99. The number of likely N-dealkylation sites (tertiary alicyclic amines) is 1. The van der Waals surface area contributed by atoms with Crippen LogP contribution in [0.3, 0.4) is 0 Å². The number of nitrogens with two attached hydrogens (primary N) is 1. The maximum Gasteiger partial charge on any atom is 0.253 e. The lowest BCUT2D eigenvalue weighted by atomic mass is 10.0. The molecule has 2 amide bonds. The summed E-state index contributed by atoms with van der Waals surface area (Å²) in [6.07, 6.45) is 2.14. The molecule has 1 saturated heterocycles. The fraction of sp³-hybridized carbons (Fsp3) is 0.500. The molecule has 3 N–H and O–H groups in total. The zero-order chi connectivity index (χ0) is 15.7. The van der Waals surface area contributed by atoms with Crippen LogP contribution in [-0.4, -0.2) is 49.4 Å². The highest BCUT2D eigenvalue weighted by Crippen LogP contribution is 2.29. The lowest BCUT2D eigenvalue weighted by Crippen LogP contribution is -2.42. The van der Waals surface area contributed by atoms with Crippen molar-refractivity contribution in [1.82, 2.24) is 4.90 Å². The van der Waals surface area contributed by atoms with E-state index in [0.29, 0.717) is 37.3 Å². The van der Waals surface area contributed by atoms with Crippen LogP contribution in [0.1, 0.15) is 29.6 Å². The standard InChI is InChI=1S/C16H22N4O2/c1-19-7-6-15(21)18-13-10-11(2-3-14(13)19)16(22)20-8-4-12(17)5-9-20/h2-3,10,12H,4-9,17H2,1H3,(H,18,21). The molecule has 6 heteroatoms. The van der Waals surface area contributed by atoms with Crippen LogP contribution in [0.5, 0.6) is 0 Å². The van der Waals surface area contributed by atoms with E-state index in [1.54, 1.807) is 6.07 Å². The van der Waals surface area contributed by atoms with Crippen molar-refractivity contribution in [2.45, 2.75) is 25.3 Å². The molecular weight excluding hydrogens is 280 g/mol. The molecule has 2 aliphatic heterocycles. The number of rotatable bonds is 1. The third-order valence-corrected chi connectivity index (χ3v) is 4.43. The molecule has 118 valence electrons. The van der Waals surface area contributed by atoms with Gasteiger partial charge in [0.25, 0.3) is 5.91 Å². The molecule has 0 unspecified atom stereocenters. The van der Waals surface area contributed by atoms with Gasteiger partial charge in [0.15, 0.2) is 0 Å². The van der Waals surface area contributed by atoms with Crippen molar-refractivity contribution in [3.63, 3.8) is 0 Å². The molecular formula is C16H22N4O2. The largest absolute Gasteiger partial charge is 0.372 e. The summed E-state index contributed by atoms with van der Waals surface area (Å²) in [5.41, 5.74) is 8.16. The van der Waals surface area contributed by atoms with Gasteiger partial charge < -0.3 is 20.9 Å². The monoisotopic (exact) mass is 302 g/mol. The first-order chi connectivity index (χ1) is 10.5. The van der Waals surface area contributed by atoms with Crippen LogP contribution in [0.2, 0.25) is 0 Å². The summed E-state index contributed by atoms with van der Waals surface area (Å²) in [7, 11) is 1.95. The number of benzene rings is 1. The molecule has 0 radical (unpaired) electrons. The van der Waals surface area contributed by atoms with Crippen molar-refractivity contribution in [3.05, 3.63) is 23.8 Å². The highest BCUT2D eigenvalue weighted by Gasteiger charge is 2.23. The quantitative estimate of drug-likeness (QED) is 0.812. The second-order valence-corrected chi connectivity index (χ2v) is 6.08. The summed E-state index contributed by atoms with van der Waals surface area (Å²) in [5.74, 6) is -0.00464. The van der Waals surface area contributed by atoms with Crippen LogP contribution >= 0.6 is 0 Å². The van der Waals surface area contributed by atoms with Gasteiger partial charge in [-0.25, -0.2) is 0 Å². The number of hydrogen-bond acceptors (Lipinski definition) is 4. The Hall–Kier alpha value is -2.08. The molecule has 0 aromatic heterocycles. The normalized spacial score (nSPS) is 19.5. The molecule has 2 heterocycles. The van der Waals surface area contributed by atoms with Crippen molar-refractivity contribution >= 4 is 23.2 Å². The van der Waals surface area contributed by atoms with Crippen molar-refractivity contribution in [1.29, 1.82) is 0 Å². The highest BCUT2D eigenvalue weighted by molar-refractivity contribution is 6.00. The highest BCUT2D eigenvalue weighted by atomic mass is 16.2. The van der Waals surface area contributed by atoms with Gasteiger partial charge >= 0.3 is 0 Å². The van der Waals surface area contributed by atoms with E-state index in [4.69, 9.17) is 5.73 Å². The van der Waals surface area contributed by atoms with E-state index in [9.17, 15) is 9.59 Å². The van der Waals surface area contributed by atoms with Crippen LogP contribution in [0, 0.1) is 0 Å². The van der Waals surface area contributed by atoms with Crippen LogP contribution in [0.25, 0.3) is 0 Å². The number of carbonyl (C=O) groups is 2. The zero-order valence-corrected chi connectivity index (χ0v) is 12.8. The number of fused-ring (bicyclic) bond motifs is 1. The van der Waals surface area contributed by atoms with E-state index in [0.717, 1.165) is 18.5 Å². The third-order valence-electron chi connectivity index (χ3n) is 4.43. The lowest BCUT2D eigenvalue weighted by molar-refractivity contribution is -0.115. The van der Waals surface area contributed by atoms with Gasteiger partial charge in [0.2, 0.25) is 5.91 Å². The third kappa shape index (κ3) is 2.92. The lowest BCUT2D eigenvalue weighted by Gasteiger charge is -2.30. The minimum absolute atomic E-state index is 0.0100. The van der Waals surface area contributed by atoms with Crippen LogP contribution < -0.4 is 16.0 Å². The van der Waals surface area contributed by atoms with Gasteiger partial charge in [-0.05, 0) is 31.0 Å². The predicted octanol–water partition coefficient (Wildman–Crippen LogP) is 1.03. The molecule has 6 nitrogen and oxygen atoms in total. The topological polar surface area (TPSA) is 78.7 Å². The molecule has 0 bridgehead atoms. The Balaban J connectivity index is 1.83. The SMILES string of the molecule is CN1CCC(=O)Nc2cc(C(=O)N3CCC(N)CC3)ccc21. The summed E-state index contributed by atoms with van der Waals surface area (Å²) in [6, 6.07) is 5.73. The summed E-state index contributed by atoms with van der Waals surface area (Å²) in [4.78, 5) is 28.2. The Morgan fingerprint density at radius 3 is 2.73 bits per heavy atom. The Labute approximate surface area is 130 Å².